The van der Waals surface area contributed by atoms with Crippen LogP contribution in [0.5, 0.6) is 0 Å². The lowest BCUT2D eigenvalue weighted by atomic mass is 10.2. The highest BCUT2D eigenvalue weighted by Crippen LogP contribution is 2.20. The Labute approximate surface area is 92.8 Å². The maximum absolute atomic E-state index is 10.8. The van der Waals surface area contributed by atoms with Crippen LogP contribution in [0.3, 0.4) is 0 Å². The number of morpholine rings is 1. The van der Waals surface area contributed by atoms with Crippen molar-refractivity contribution in [1.82, 2.24) is 4.98 Å². The van der Waals surface area contributed by atoms with Crippen molar-refractivity contribution >= 4 is 23.6 Å². The van der Waals surface area contributed by atoms with Gasteiger partial charge in [-0.15, -0.1) is 0 Å². The quantitative estimate of drug-likeness (QED) is 0.565. The molecular weight excluding hydrogens is 216 g/mol. The summed E-state index contributed by atoms with van der Waals surface area (Å²) in [7, 11) is 0. The van der Waals surface area contributed by atoms with Crippen LogP contribution in [-0.2, 0) is 4.74 Å². The highest BCUT2D eigenvalue weighted by atomic mass is 35.5. The van der Waals surface area contributed by atoms with Crippen LogP contribution in [0, 0.1) is 0 Å². The van der Waals surface area contributed by atoms with Crippen molar-refractivity contribution in [3.8, 4) is 0 Å². The number of hydrogen-bond donors (Lipinski definition) is 0. The van der Waals surface area contributed by atoms with Gasteiger partial charge in [0.15, 0.2) is 6.29 Å². The lowest BCUT2D eigenvalue weighted by molar-refractivity contribution is 0.111. The Morgan fingerprint density at radius 3 is 2.80 bits per heavy atom. The number of halogens is 1. The number of aldehydes is 1. The summed E-state index contributed by atoms with van der Waals surface area (Å²) >= 11 is 5.72. The number of rotatable bonds is 2. The molecule has 0 aliphatic carbocycles. The standard InChI is InChI=1S/C10H11ClN2O2/c11-10-2-1-9(8(7-14)12-10)13-3-5-15-6-4-13/h1-2,7H,3-6H2. The maximum Gasteiger partial charge on any atom is 0.170 e. The zero-order valence-electron chi connectivity index (χ0n) is 8.15. The third-order valence-electron chi connectivity index (χ3n) is 2.33. The number of hydrogen-bond acceptors (Lipinski definition) is 4. The first-order chi connectivity index (χ1) is 7.31. The van der Waals surface area contributed by atoms with Crippen molar-refractivity contribution in [1.29, 1.82) is 0 Å². The van der Waals surface area contributed by atoms with E-state index in [1.54, 1.807) is 6.07 Å². The smallest absolute Gasteiger partial charge is 0.170 e. The maximum atomic E-state index is 10.8. The van der Waals surface area contributed by atoms with E-state index in [0.717, 1.165) is 25.1 Å². The Morgan fingerprint density at radius 1 is 1.40 bits per heavy atom. The second-order valence-corrected chi connectivity index (χ2v) is 3.64. The molecule has 0 saturated carbocycles. The van der Waals surface area contributed by atoms with Crippen LogP contribution in [0.25, 0.3) is 0 Å². The molecule has 1 fully saturated rings. The fourth-order valence-electron chi connectivity index (χ4n) is 1.60. The minimum atomic E-state index is 0.342. The van der Waals surface area contributed by atoms with Gasteiger partial charge in [-0.05, 0) is 12.1 Å². The molecule has 4 nitrogen and oxygen atoms in total. The molecule has 0 atom stereocenters. The summed E-state index contributed by atoms with van der Waals surface area (Å²) in [4.78, 5) is 16.9. The van der Waals surface area contributed by atoms with Crippen LogP contribution in [-0.4, -0.2) is 37.6 Å². The third kappa shape index (κ3) is 2.27. The first-order valence-corrected chi connectivity index (χ1v) is 5.13. The molecule has 1 saturated heterocycles. The molecule has 0 N–H and O–H groups in total. The normalized spacial score (nSPS) is 16.5. The summed E-state index contributed by atoms with van der Waals surface area (Å²) < 4.78 is 5.24. The van der Waals surface area contributed by atoms with Gasteiger partial charge in [0.25, 0.3) is 0 Å². The lowest BCUT2D eigenvalue weighted by Gasteiger charge is -2.29. The fourth-order valence-corrected chi connectivity index (χ4v) is 1.76. The van der Waals surface area contributed by atoms with E-state index in [9.17, 15) is 4.79 Å². The molecule has 1 aliphatic heterocycles. The Bertz CT molecular complexity index is 364. The van der Waals surface area contributed by atoms with Gasteiger partial charge in [0.1, 0.15) is 10.8 Å². The van der Waals surface area contributed by atoms with Gasteiger partial charge in [-0.3, -0.25) is 4.79 Å². The van der Waals surface area contributed by atoms with Gasteiger partial charge in [-0.2, -0.15) is 0 Å². The number of carbonyl (C=O) groups is 1. The van der Waals surface area contributed by atoms with Crippen molar-refractivity contribution in [2.75, 3.05) is 31.2 Å². The van der Waals surface area contributed by atoms with Crippen LogP contribution in [0.2, 0.25) is 5.15 Å². The van der Waals surface area contributed by atoms with Crippen LogP contribution in [0.1, 0.15) is 10.5 Å². The largest absolute Gasteiger partial charge is 0.378 e. The summed E-state index contributed by atoms with van der Waals surface area (Å²) in [5.74, 6) is 0. The van der Waals surface area contributed by atoms with E-state index in [1.165, 1.54) is 0 Å². The van der Waals surface area contributed by atoms with Crippen molar-refractivity contribution in [2.45, 2.75) is 0 Å². The predicted octanol–water partition coefficient (Wildman–Crippen LogP) is 1.38. The van der Waals surface area contributed by atoms with Gasteiger partial charge in [0.05, 0.1) is 18.9 Å². The molecule has 2 heterocycles. The number of aromatic nitrogens is 1. The van der Waals surface area contributed by atoms with Gasteiger partial charge >= 0.3 is 0 Å². The average Bonchev–Trinajstić information content (AvgIpc) is 2.30. The molecule has 1 aromatic heterocycles. The van der Waals surface area contributed by atoms with Crippen LogP contribution < -0.4 is 4.90 Å². The van der Waals surface area contributed by atoms with E-state index >= 15 is 0 Å². The zero-order valence-corrected chi connectivity index (χ0v) is 8.91. The monoisotopic (exact) mass is 226 g/mol. The van der Waals surface area contributed by atoms with Crippen LogP contribution in [0.4, 0.5) is 5.69 Å². The molecule has 5 heteroatoms. The first-order valence-electron chi connectivity index (χ1n) is 4.75. The first kappa shape index (κ1) is 10.4. The Hall–Kier alpha value is -1.13. The second kappa shape index (κ2) is 4.59. The number of pyridine rings is 1. The molecule has 2 rings (SSSR count). The molecule has 80 valence electrons. The summed E-state index contributed by atoms with van der Waals surface area (Å²) in [6.07, 6.45) is 0.733. The topological polar surface area (TPSA) is 42.4 Å². The number of carbonyl (C=O) groups excluding carboxylic acids is 1. The molecule has 15 heavy (non-hydrogen) atoms. The van der Waals surface area contributed by atoms with Crippen molar-refractivity contribution in [3.05, 3.63) is 23.0 Å². The molecule has 0 aromatic carbocycles. The summed E-state index contributed by atoms with van der Waals surface area (Å²) in [5.41, 5.74) is 1.22. The minimum Gasteiger partial charge on any atom is -0.378 e. The van der Waals surface area contributed by atoms with E-state index < -0.39 is 0 Å². The number of ether oxygens (including phenoxy) is 1. The Kier molecular flexibility index (Phi) is 3.18. The number of nitrogens with zero attached hydrogens (tertiary/aromatic N) is 2. The fraction of sp³-hybridized carbons (Fsp3) is 0.400. The summed E-state index contributed by atoms with van der Waals surface area (Å²) in [6, 6.07) is 3.52. The Balaban J connectivity index is 2.29. The van der Waals surface area contributed by atoms with E-state index in [-0.39, 0.29) is 0 Å². The van der Waals surface area contributed by atoms with Crippen molar-refractivity contribution in [3.63, 3.8) is 0 Å². The molecule has 0 amide bonds. The molecule has 1 aliphatic rings. The molecule has 0 spiro atoms. The van der Waals surface area contributed by atoms with Crippen LogP contribution >= 0.6 is 11.6 Å². The van der Waals surface area contributed by atoms with Crippen LogP contribution in [0.15, 0.2) is 12.1 Å². The van der Waals surface area contributed by atoms with Gasteiger partial charge < -0.3 is 9.64 Å². The van der Waals surface area contributed by atoms with Crippen molar-refractivity contribution < 1.29 is 9.53 Å². The average molecular weight is 227 g/mol. The molecule has 0 bridgehead atoms. The van der Waals surface area contributed by atoms with Gasteiger partial charge in [-0.1, -0.05) is 11.6 Å². The highest BCUT2D eigenvalue weighted by molar-refractivity contribution is 6.29. The van der Waals surface area contributed by atoms with E-state index in [2.05, 4.69) is 9.88 Å². The van der Waals surface area contributed by atoms with E-state index in [1.807, 2.05) is 6.07 Å². The zero-order chi connectivity index (χ0) is 10.7. The molecule has 1 aromatic rings. The van der Waals surface area contributed by atoms with Gasteiger partial charge in [0, 0.05) is 13.1 Å². The van der Waals surface area contributed by atoms with E-state index in [4.69, 9.17) is 16.3 Å². The molecular formula is C10H11ClN2O2. The highest BCUT2D eigenvalue weighted by Gasteiger charge is 2.15. The third-order valence-corrected chi connectivity index (χ3v) is 2.54. The predicted molar refractivity (Wildman–Crippen MR) is 57.7 cm³/mol. The molecule has 0 radical (unpaired) electrons. The Morgan fingerprint density at radius 2 is 2.13 bits per heavy atom. The summed E-state index contributed by atoms with van der Waals surface area (Å²) in [6.45, 7) is 2.93. The lowest BCUT2D eigenvalue weighted by Crippen LogP contribution is -2.36. The second-order valence-electron chi connectivity index (χ2n) is 3.26. The van der Waals surface area contributed by atoms with Crippen molar-refractivity contribution in [2.24, 2.45) is 0 Å². The van der Waals surface area contributed by atoms with Gasteiger partial charge in [-0.25, -0.2) is 4.98 Å². The van der Waals surface area contributed by atoms with E-state index in [0.29, 0.717) is 24.1 Å². The SMILES string of the molecule is O=Cc1nc(Cl)ccc1N1CCOCC1. The van der Waals surface area contributed by atoms with Gasteiger partial charge in [0.2, 0.25) is 0 Å². The number of anilines is 1. The summed E-state index contributed by atoms with van der Waals surface area (Å²) in [5, 5.41) is 0.342. The molecule has 0 unspecified atom stereocenters. The minimum absolute atomic E-state index is 0.342.